The van der Waals surface area contributed by atoms with Crippen LogP contribution in [0.3, 0.4) is 0 Å². The highest BCUT2D eigenvalue weighted by molar-refractivity contribution is 5.50. The molecule has 1 heterocycles. The molecule has 1 aliphatic heterocycles. The number of phenolic OH excluding ortho intramolecular Hbond substituents is 1. The van der Waals surface area contributed by atoms with Crippen molar-refractivity contribution in [2.75, 3.05) is 33.4 Å². The summed E-state index contributed by atoms with van der Waals surface area (Å²) in [4.78, 5) is 2.23. The summed E-state index contributed by atoms with van der Waals surface area (Å²) in [6.07, 6.45) is 0. The molecule has 1 N–H and O–H groups in total. The number of hydrogen-bond acceptors (Lipinski definition) is 4. The monoisotopic (exact) mass is 403 g/mol. The molecule has 0 amide bonds. The first-order valence-corrected chi connectivity index (χ1v) is 10.6. The molecule has 30 heavy (non-hydrogen) atoms. The van der Waals surface area contributed by atoms with Crippen molar-refractivity contribution >= 4 is 0 Å². The van der Waals surface area contributed by atoms with Crippen LogP contribution < -0.4 is 9.47 Å². The van der Waals surface area contributed by atoms with E-state index in [9.17, 15) is 5.11 Å². The molecule has 0 bridgehead atoms. The average Bonchev–Trinajstić information content (AvgIpc) is 2.79. The Balaban J connectivity index is 1.61. The molecule has 1 aliphatic rings. The van der Waals surface area contributed by atoms with E-state index in [0.717, 1.165) is 30.2 Å². The van der Waals surface area contributed by atoms with Gasteiger partial charge in [-0.3, -0.25) is 0 Å². The Kier molecular flexibility index (Phi) is 6.24. The van der Waals surface area contributed by atoms with Gasteiger partial charge in [-0.15, -0.1) is 0 Å². The number of aromatic hydroxyl groups is 1. The van der Waals surface area contributed by atoms with Crippen LogP contribution in [0.5, 0.6) is 17.2 Å². The fraction of sp³-hybridized carbons (Fsp3) is 0.308. The van der Waals surface area contributed by atoms with Gasteiger partial charge in [0.1, 0.15) is 23.9 Å². The summed E-state index contributed by atoms with van der Waals surface area (Å²) in [5.74, 6) is 2.23. The predicted molar refractivity (Wildman–Crippen MR) is 120 cm³/mol. The van der Waals surface area contributed by atoms with E-state index in [2.05, 4.69) is 67.4 Å². The Morgan fingerprint density at radius 1 is 1.00 bits per heavy atom. The Labute approximate surface area is 178 Å². The van der Waals surface area contributed by atoms with Crippen LogP contribution in [-0.4, -0.2) is 43.4 Å². The van der Waals surface area contributed by atoms with Crippen LogP contribution in [0, 0.1) is 0 Å². The lowest BCUT2D eigenvalue weighted by molar-refractivity contribution is 0.243. The summed E-state index contributed by atoms with van der Waals surface area (Å²) in [5.41, 5.74) is 3.58. The lowest BCUT2D eigenvalue weighted by Gasteiger charge is -2.34. The summed E-state index contributed by atoms with van der Waals surface area (Å²) < 4.78 is 12.0. The number of likely N-dealkylation sites (N-methyl/N-ethyl adjacent to an activating group) is 1. The standard InChI is InChI=1S/C26H29NO3/c1-3-27(2)15-16-29-22-12-9-20(10-13-22)26-23-14-11-21(28)17-25(23)30-18-24(26)19-7-5-4-6-8-19/h4-14,17,24,26,28H,3,15-16,18H2,1-2H3/t24-,26-/m0/s1. The Morgan fingerprint density at radius 3 is 2.50 bits per heavy atom. The second-order valence-electron chi connectivity index (χ2n) is 7.84. The van der Waals surface area contributed by atoms with Crippen LogP contribution in [-0.2, 0) is 0 Å². The maximum atomic E-state index is 9.90. The van der Waals surface area contributed by atoms with Crippen LogP contribution >= 0.6 is 0 Å². The molecule has 4 heteroatoms. The zero-order valence-corrected chi connectivity index (χ0v) is 17.6. The number of benzene rings is 3. The summed E-state index contributed by atoms with van der Waals surface area (Å²) in [6, 6.07) is 24.4. The molecule has 4 rings (SSSR count). The second kappa shape index (κ2) is 9.23. The van der Waals surface area contributed by atoms with Crippen LogP contribution in [0.2, 0.25) is 0 Å². The lowest BCUT2D eigenvalue weighted by atomic mass is 9.76. The topological polar surface area (TPSA) is 41.9 Å². The van der Waals surface area contributed by atoms with Gasteiger partial charge in [0.05, 0.1) is 6.61 Å². The minimum atomic E-state index is 0.150. The van der Waals surface area contributed by atoms with Gasteiger partial charge in [0.2, 0.25) is 0 Å². The van der Waals surface area contributed by atoms with Gasteiger partial charge in [-0.1, -0.05) is 55.5 Å². The van der Waals surface area contributed by atoms with Gasteiger partial charge >= 0.3 is 0 Å². The van der Waals surface area contributed by atoms with Crippen LogP contribution in [0.4, 0.5) is 0 Å². The van der Waals surface area contributed by atoms with Gasteiger partial charge in [0.15, 0.2) is 0 Å². The smallest absolute Gasteiger partial charge is 0.126 e. The zero-order chi connectivity index (χ0) is 20.9. The highest BCUT2D eigenvalue weighted by Crippen LogP contribution is 2.47. The maximum Gasteiger partial charge on any atom is 0.126 e. The van der Waals surface area contributed by atoms with E-state index in [0.29, 0.717) is 13.2 Å². The molecule has 3 aromatic rings. The third-order valence-electron chi connectivity index (χ3n) is 5.90. The number of phenols is 1. The molecule has 0 aliphatic carbocycles. The van der Waals surface area contributed by atoms with Crippen LogP contribution in [0.15, 0.2) is 72.8 Å². The van der Waals surface area contributed by atoms with Gasteiger partial charge < -0.3 is 19.5 Å². The number of fused-ring (bicyclic) bond motifs is 1. The molecule has 0 fully saturated rings. The third kappa shape index (κ3) is 4.44. The minimum Gasteiger partial charge on any atom is -0.508 e. The average molecular weight is 404 g/mol. The van der Waals surface area contributed by atoms with Crippen molar-refractivity contribution in [1.29, 1.82) is 0 Å². The van der Waals surface area contributed by atoms with E-state index in [1.165, 1.54) is 11.1 Å². The lowest BCUT2D eigenvalue weighted by Crippen LogP contribution is -2.25. The second-order valence-corrected chi connectivity index (χ2v) is 7.84. The first-order valence-electron chi connectivity index (χ1n) is 10.6. The normalized spacial score (nSPS) is 18.0. The summed E-state index contributed by atoms with van der Waals surface area (Å²) >= 11 is 0. The van der Waals surface area contributed by atoms with Crippen molar-refractivity contribution in [3.05, 3.63) is 89.5 Å². The molecule has 0 unspecified atom stereocenters. The van der Waals surface area contributed by atoms with Gasteiger partial charge in [0.25, 0.3) is 0 Å². The van der Waals surface area contributed by atoms with Crippen LogP contribution in [0.1, 0.15) is 35.4 Å². The number of hydrogen-bond donors (Lipinski definition) is 1. The van der Waals surface area contributed by atoms with Crippen molar-refractivity contribution < 1.29 is 14.6 Å². The number of ether oxygens (including phenoxy) is 2. The molecule has 0 saturated carbocycles. The molecule has 0 radical (unpaired) electrons. The molecule has 0 aromatic heterocycles. The Morgan fingerprint density at radius 2 is 1.77 bits per heavy atom. The van der Waals surface area contributed by atoms with Crippen molar-refractivity contribution in [3.8, 4) is 17.2 Å². The molecular weight excluding hydrogens is 374 g/mol. The molecular formula is C26H29NO3. The van der Waals surface area contributed by atoms with E-state index < -0.39 is 0 Å². The summed E-state index contributed by atoms with van der Waals surface area (Å²) in [6.45, 7) is 5.32. The predicted octanol–water partition coefficient (Wildman–Crippen LogP) is 5.03. The van der Waals surface area contributed by atoms with E-state index in [-0.39, 0.29) is 17.6 Å². The quantitative estimate of drug-likeness (QED) is 0.601. The fourth-order valence-corrected chi connectivity index (χ4v) is 4.05. The molecule has 3 aromatic carbocycles. The van der Waals surface area contributed by atoms with Gasteiger partial charge in [0, 0.05) is 30.0 Å². The Hall–Kier alpha value is -2.98. The Bertz CT molecular complexity index is 956. The van der Waals surface area contributed by atoms with E-state index in [4.69, 9.17) is 9.47 Å². The first kappa shape index (κ1) is 20.3. The maximum absolute atomic E-state index is 9.90. The number of rotatable bonds is 7. The highest BCUT2D eigenvalue weighted by Gasteiger charge is 2.33. The molecule has 156 valence electrons. The van der Waals surface area contributed by atoms with Gasteiger partial charge in [-0.2, -0.15) is 0 Å². The fourth-order valence-electron chi connectivity index (χ4n) is 4.05. The van der Waals surface area contributed by atoms with Crippen molar-refractivity contribution in [2.24, 2.45) is 0 Å². The van der Waals surface area contributed by atoms with E-state index in [1.54, 1.807) is 12.1 Å². The third-order valence-corrected chi connectivity index (χ3v) is 5.90. The molecule has 0 saturated heterocycles. The first-order chi connectivity index (χ1) is 14.7. The summed E-state index contributed by atoms with van der Waals surface area (Å²) in [5, 5.41) is 9.90. The molecule has 4 nitrogen and oxygen atoms in total. The largest absolute Gasteiger partial charge is 0.508 e. The van der Waals surface area contributed by atoms with Crippen LogP contribution in [0.25, 0.3) is 0 Å². The zero-order valence-electron chi connectivity index (χ0n) is 17.6. The van der Waals surface area contributed by atoms with Crippen molar-refractivity contribution in [2.45, 2.75) is 18.8 Å². The highest BCUT2D eigenvalue weighted by atomic mass is 16.5. The van der Waals surface area contributed by atoms with Gasteiger partial charge in [-0.25, -0.2) is 0 Å². The van der Waals surface area contributed by atoms with E-state index in [1.807, 2.05) is 12.1 Å². The number of nitrogens with zero attached hydrogens (tertiary/aromatic N) is 1. The molecule has 0 spiro atoms. The minimum absolute atomic E-state index is 0.150. The SMILES string of the molecule is CCN(C)CCOc1ccc([C@H]2c3ccc(O)cc3OC[C@H]2c2ccccc2)cc1. The molecule has 2 atom stereocenters. The van der Waals surface area contributed by atoms with Crippen molar-refractivity contribution in [3.63, 3.8) is 0 Å². The van der Waals surface area contributed by atoms with Crippen molar-refractivity contribution in [1.82, 2.24) is 4.90 Å². The van der Waals surface area contributed by atoms with Gasteiger partial charge in [-0.05, 0) is 42.9 Å². The summed E-state index contributed by atoms with van der Waals surface area (Å²) in [7, 11) is 2.09. The van der Waals surface area contributed by atoms with E-state index >= 15 is 0 Å².